The zero-order valence-electron chi connectivity index (χ0n) is 13.9. The highest BCUT2D eigenvalue weighted by atomic mass is 15.3. The lowest BCUT2D eigenvalue weighted by atomic mass is 10.1. The molecule has 0 saturated heterocycles. The molecule has 5 heteroatoms. The third-order valence-electron chi connectivity index (χ3n) is 3.71. The number of hydrogen-bond acceptors (Lipinski definition) is 5. The van der Waals surface area contributed by atoms with Gasteiger partial charge in [-0.3, -0.25) is 0 Å². The van der Waals surface area contributed by atoms with Crippen LogP contribution in [0.1, 0.15) is 37.8 Å². The van der Waals surface area contributed by atoms with Crippen LogP contribution in [0.15, 0.2) is 24.4 Å². The predicted octanol–water partition coefficient (Wildman–Crippen LogP) is 3.86. The number of anilines is 3. The lowest BCUT2D eigenvalue weighted by molar-refractivity contribution is 0.728. The Morgan fingerprint density at radius 2 is 1.82 bits per heavy atom. The Bertz CT molecular complexity index is 606. The second-order valence-corrected chi connectivity index (χ2v) is 5.50. The van der Waals surface area contributed by atoms with Crippen LogP contribution in [0, 0.1) is 13.8 Å². The fourth-order valence-electron chi connectivity index (χ4n) is 2.39. The maximum absolute atomic E-state index is 4.62. The standard InChI is InChI=1S/C17H25N5/c1-5-10-22(11-6-2)16-12-18-21-17(20-16)19-15-9-7-8-13(3)14(15)4/h7-9,12H,5-6,10-11H2,1-4H3,(H,19,20,21). The summed E-state index contributed by atoms with van der Waals surface area (Å²) in [6.07, 6.45) is 3.91. The summed E-state index contributed by atoms with van der Waals surface area (Å²) in [6, 6.07) is 6.16. The van der Waals surface area contributed by atoms with Gasteiger partial charge in [0.1, 0.15) is 0 Å². The molecule has 0 bridgehead atoms. The maximum Gasteiger partial charge on any atom is 0.249 e. The van der Waals surface area contributed by atoms with Gasteiger partial charge < -0.3 is 10.2 Å². The van der Waals surface area contributed by atoms with E-state index < -0.39 is 0 Å². The van der Waals surface area contributed by atoms with Gasteiger partial charge in [-0.05, 0) is 43.9 Å². The molecule has 5 nitrogen and oxygen atoms in total. The van der Waals surface area contributed by atoms with E-state index in [0.717, 1.165) is 37.4 Å². The summed E-state index contributed by atoms with van der Waals surface area (Å²) in [6.45, 7) is 10.5. The molecule has 0 aliphatic carbocycles. The first-order chi connectivity index (χ1) is 10.7. The maximum atomic E-state index is 4.62. The summed E-state index contributed by atoms with van der Waals surface area (Å²) in [5.74, 6) is 1.43. The molecule has 2 aromatic rings. The third kappa shape index (κ3) is 3.93. The van der Waals surface area contributed by atoms with Crippen molar-refractivity contribution < 1.29 is 0 Å². The second kappa shape index (κ2) is 7.73. The Morgan fingerprint density at radius 3 is 2.50 bits per heavy atom. The second-order valence-electron chi connectivity index (χ2n) is 5.50. The number of hydrogen-bond donors (Lipinski definition) is 1. The highest BCUT2D eigenvalue weighted by molar-refractivity contribution is 5.60. The average molecular weight is 299 g/mol. The lowest BCUT2D eigenvalue weighted by Gasteiger charge is -2.22. The van der Waals surface area contributed by atoms with Crippen LogP contribution in [0.3, 0.4) is 0 Å². The van der Waals surface area contributed by atoms with E-state index in [2.05, 4.69) is 59.2 Å². The van der Waals surface area contributed by atoms with Crippen LogP contribution < -0.4 is 10.2 Å². The van der Waals surface area contributed by atoms with Crippen molar-refractivity contribution in [2.75, 3.05) is 23.3 Å². The Hall–Kier alpha value is -2.17. The number of rotatable bonds is 7. The zero-order valence-corrected chi connectivity index (χ0v) is 13.9. The minimum absolute atomic E-state index is 0.545. The topological polar surface area (TPSA) is 53.9 Å². The minimum Gasteiger partial charge on any atom is -0.355 e. The van der Waals surface area contributed by atoms with Gasteiger partial charge in [0.25, 0.3) is 0 Å². The largest absolute Gasteiger partial charge is 0.355 e. The van der Waals surface area contributed by atoms with E-state index >= 15 is 0 Å². The molecule has 1 aromatic heterocycles. The molecule has 0 unspecified atom stereocenters. The quantitative estimate of drug-likeness (QED) is 0.841. The molecule has 1 heterocycles. The predicted molar refractivity (Wildman–Crippen MR) is 91.8 cm³/mol. The van der Waals surface area contributed by atoms with Crippen molar-refractivity contribution in [2.45, 2.75) is 40.5 Å². The van der Waals surface area contributed by atoms with E-state index in [4.69, 9.17) is 0 Å². The molecule has 0 aliphatic heterocycles. The smallest absolute Gasteiger partial charge is 0.249 e. The van der Waals surface area contributed by atoms with Crippen molar-refractivity contribution in [1.82, 2.24) is 15.2 Å². The average Bonchev–Trinajstić information content (AvgIpc) is 2.52. The molecule has 0 aliphatic rings. The third-order valence-corrected chi connectivity index (χ3v) is 3.71. The van der Waals surface area contributed by atoms with Crippen molar-refractivity contribution in [3.05, 3.63) is 35.5 Å². The minimum atomic E-state index is 0.545. The zero-order chi connectivity index (χ0) is 15.9. The van der Waals surface area contributed by atoms with Gasteiger partial charge in [-0.25, -0.2) is 0 Å². The Labute approximate surface area is 132 Å². The van der Waals surface area contributed by atoms with Gasteiger partial charge in [0, 0.05) is 18.8 Å². The van der Waals surface area contributed by atoms with Gasteiger partial charge in [-0.15, -0.1) is 5.10 Å². The number of nitrogens with one attached hydrogen (secondary N) is 1. The molecule has 22 heavy (non-hydrogen) atoms. The van der Waals surface area contributed by atoms with Crippen LogP contribution in [0.25, 0.3) is 0 Å². The number of aryl methyl sites for hydroxylation is 1. The fraction of sp³-hybridized carbons (Fsp3) is 0.471. The molecule has 118 valence electrons. The van der Waals surface area contributed by atoms with Crippen molar-refractivity contribution in [2.24, 2.45) is 0 Å². The molecule has 0 spiro atoms. The van der Waals surface area contributed by atoms with Gasteiger partial charge in [0.2, 0.25) is 5.95 Å². The molecule has 1 N–H and O–H groups in total. The van der Waals surface area contributed by atoms with Crippen molar-refractivity contribution in [1.29, 1.82) is 0 Å². The number of benzene rings is 1. The molecule has 1 aromatic carbocycles. The molecule has 0 saturated carbocycles. The summed E-state index contributed by atoms with van der Waals surface area (Å²) >= 11 is 0. The Kier molecular flexibility index (Phi) is 5.69. The van der Waals surface area contributed by atoms with Crippen molar-refractivity contribution >= 4 is 17.5 Å². The van der Waals surface area contributed by atoms with Gasteiger partial charge in [0.05, 0.1) is 6.20 Å². The molecule has 0 radical (unpaired) electrons. The van der Waals surface area contributed by atoms with E-state index in [1.807, 2.05) is 12.1 Å². The van der Waals surface area contributed by atoms with Crippen molar-refractivity contribution in [3.63, 3.8) is 0 Å². The summed E-state index contributed by atoms with van der Waals surface area (Å²) in [5, 5.41) is 11.5. The van der Waals surface area contributed by atoms with E-state index in [0.29, 0.717) is 5.95 Å². The highest BCUT2D eigenvalue weighted by Gasteiger charge is 2.09. The van der Waals surface area contributed by atoms with Crippen LogP contribution in [0.4, 0.5) is 17.5 Å². The SMILES string of the molecule is CCCN(CCC)c1cnnc(Nc2cccc(C)c2C)n1. The molecule has 2 rings (SSSR count). The van der Waals surface area contributed by atoms with Gasteiger partial charge in [0.15, 0.2) is 5.82 Å². The van der Waals surface area contributed by atoms with Crippen LogP contribution in [0.2, 0.25) is 0 Å². The molecule has 0 atom stereocenters. The molecule has 0 fully saturated rings. The number of aromatic nitrogens is 3. The summed E-state index contributed by atoms with van der Waals surface area (Å²) in [5.41, 5.74) is 3.47. The molecular formula is C17H25N5. The first kappa shape index (κ1) is 16.2. The van der Waals surface area contributed by atoms with Gasteiger partial charge >= 0.3 is 0 Å². The van der Waals surface area contributed by atoms with Gasteiger partial charge in [-0.2, -0.15) is 10.1 Å². The normalized spacial score (nSPS) is 10.5. The van der Waals surface area contributed by atoms with E-state index in [1.54, 1.807) is 6.20 Å². The summed E-state index contributed by atoms with van der Waals surface area (Å²) < 4.78 is 0. The lowest BCUT2D eigenvalue weighted by Crippen LogP contribution is -2.26. The van der Waals surface area contributed by atoms with Crippen molar-refractivity contribution in [3.8, 4) is 0 Å². The van der Waals surface area contributed by atoms with Crippen LogP contribution in [-0.4, -0.2) is 28.3 Å². The first-order valence-electron chi connectivity index (χ1n) is 7.93. The molecular weight excluding hydrogens is 274 g/mol. The summed E-state index contributed by atoms with van der Waals surface area (Å²) in [4.78, 5) is 6.87. The van der Waals surface area contributed by atoms with Gasteiger partial charge in [-0.1, -0.05) is 26.0 Å². The van der Waals surface area contributed by atoms with E-state index in [1.165, 1.54) is 11.1 Å². The molecule has 0 amide bonds. The highest BCUT2D eigenvalue weighted by Crippen LogP contribution is 2.21. The monoisotopic (exact) mass is 299 g/mol. The van der Waals surface area contributed by atoms with E-state index in [-0.39, 0.29) is 0 Å². The Morgan fingerprint density at radius 1 is 1.09 bits per heavy atom. The Balaban J connectivity index is 2.22. The number of nitrogens with zero attached hydrogens (tertiary/aromatic N) is 4. The van der Waals surface area contributed by atoms with E-state index in [9.17, 15) is 0 Å². The van der Waals surface area contributed by atoms with Crippen LogP contribution in [-0.2, 0) is 0 Å². The fourth-order valence-corrected chi connectivity index (χ4v) is 2.39. The summed E-state index contributed by atoms with van der Waals surface area (Å²) in [7, 11) is 0. The van der Waals surface area contributed by atoms with Crippen LogP contribution >= 0.6 is 0 Å². The first-order valence-corrected chi connectivity index (χ1v) is 7.93. The van der Waals surface area contributed by atoms with Crippen LogP contribution in [0.5, 0.6) is 0 Å².